The van der Waals surface area contributed by atoms with Crippen LogP contribution in [0.5, 0.6) is 0 Å². The summed E-state index contributed by atoms with van der Waals surface area (Å²) in [5, 5.41) is 21.4. The van der Waals surface area contributed by atoms with E-state index in [4.69, 9.17) is 9.47 Å². The maximum absolute atomic E-state index is 12.5. The number of carbonyl (C=O) groups excluding carboxylic acids is 2. The standard InChI is InChI=1S/C26H40O6/c1-8-16(5)25(30)31-18(9-2)10-13-22(27)32-21-12-11-20-24(29)23(28)19(15(3)4)14-26(20,7)17(21)6/h8,10,13,17-21,23-24,28-29H,3,9,11-12,14H2,1-2,4-7H3. The van der Waals surface area contributed by atoms with E-state index in [2.05, 4.69) is 20.4 Å². The summed E-state index contributed by atoms with van der Waals surface area (Å²) >= 11 is 0. The first-order valence-corrected chi connectivity index (χ1v) is 11.7. The first-order valence-electron chi connectivity index (χ1n) is 11.7. The maximum atomic E-state index is 12.5. The highest BCUT2D eigenvalue weighted by atomic mass is 16.5. The van der Waals surface area contributed by atoms with Gasteiger partial charge < -0.3 is 19.7 Å². The molecule has 2 saturated carbocycles. The Morgan fingerprint density at radius 1 is 1.22 bits per heavy atom. The number of carbonyl (C=O) groups is 2. The van der Waals surface area contributed by atoms with Crippen LogP contribution in [0.4, 0.5) is 0 Å². The number of aliphatic hydroxyl groups excluding tert-OH is 2. The molecule has 2 N–H and O–H groups in total. The summed E-state index contributed by atoms with van der Waals surface area (Å²) in [5.74, 6) is -1.08. The van der Waals surface area contributed by atoms with Gasteiger partial charge in [0.05, 0.1) is 12.2 Å². The van der Waals surface area contributed by atoms with Crippen molar-refractivity contribution in [2.45, 2.75) is 91.6 Å². The highest BCUT2D eigenvalue weighted by Crippen LogP contribution is 2.56. The average Bonchev–Trinajstić information content (AvgIpc) is 2.75. The molecule has 2 aliphatic rings. The van der Waals surface area contributed by atoms with Crippen molar-refractivity contribution >= 4 is 11.9 Å². The van der Waals surface area contributed by atoms with Gasteiger partial charge >= 0.3 is 11.9 Å². The SMILES string of the molecule is C=C(C)C1CC2(C)C(C)C(OC(=O)C=CC(CC)OC(=O)C(C)=CC)CCC2C(O)C1O. The zero-order valence-corrected chi connectivity index (χ0v) is 20.3. The average molecular weight is 449 g/mol. The van der Waals surface area contributed by atoms with Gasteiger partial charge in [-0.05, 0) is 69.8 Å². The Labute approximate surface area is 192 Å². The van der Waals surface area contributed by atoms with Crippen LogP contribution < -0.4 is 0 Å². The van der Waals surface area contributed by atoms with Crippen molar-refractivity contribution in [3.8, 4) is 0 Å². The summed E-state index contributed by atoms with van der Waals surface area (Å²) in [6, 6.07) is 0. The maximum Gasteiger partial charge on any atom is 0.333 e. The molecule has 8 atom stereocenters. The molecule has 6 heteroatoms. The smallest absolute Gasteiger partial charge is 0.333 e. The van der Waals surface area contributed by atoms with Gasteiger partial charge in [-0.15, -0.1) is 0 Å². The van der Waals surface area contributed by atoms with Crippen LogP contribution in [-0.2, 0) is 19.1 Å². The van der Waals surface area contributed by atoms with Crippen LogP contribution >= 0.6 is 0 Å². The minimum Gasteiger partial charge on any atom is -0.459 e. The molecule has 0 aromatic heterocycles. The van der Waals surface area contributed by atoms with Gasteiger partial charge in [0, 0.05) is 17.6 Å². The van der Waals surface area contributed by atoms with Gasteiger partial charge in [0.1, 0.15) is 12.2 Å². The second-order valence-corrected chi connectivity index (χ2v) is 9.77. The summed E-state index contributed by atoms with van der Waals surface area (Å²) < 4.78 is 11.2. The van der Waals surface area contributed by atoms with Gasteiger partial charge in [-0.1, -0.05) is 39.0 Å². The second-order valence-electron chi connectivity index (χ2n) is 9.77. The number of esters is 2. The minimum atomic E-state index is -0.810. The van der Waals surface area contributed by atoms with Crippen molar-refractivity contribution in [1.29, 1.82) is 0 Å². The fourth-order valence-electron chi connectivity index (χ4n) is 5.26. The van der Waals surface area contributed by atoms with E-state index in [1.807, 2.05) is 13.8 Å². The summed E-state index contributed by atoms with van der Waals surface area (Å²) in [5.41, 5.74) is 1.10. The van der Waals surface area contributed by atoms with Gasteiger partial charge in [-0.2, -0.15) is 0 Å². The van der Waals surface area contributed by atoms with Gasteiger partial charge in [0.2, 0.25) is 0 Å². The molecule has 0 aliphatic heterocycles. The molecule has 0 aromatic carbocycles. The van der Waals surface area contributed by atoms with Crippen molar-refractivity contribution in [2.75, 3.05) is 0 Å². The van der Waals surface area contributed by atoms with E-state index in [-0.39, 0.29) is 29.3 Å². The lowest BCUT2D eigenvalue weighted by molar-refractivity contribution is -0.185. The van der Waals surface area contributed by atoms with Crippen molar-refractivity contribution in [2.24, 2.45) is 23.2 Å². The summed E-state index contributed by atoms with van der Waals surface area (Å²) in [4.78, 5) is 24.5. The van der Waals surface area contributed by atoms with Crippen LogP contribution in [0, 0.1) is 23.2 Å². The third-order valence-electron chi connectivity index (χ3n) is 7.80. The van der Waals surface area contributed by atoms with Gasteiger partial charge in [-0.25, -0.2) is 9.59 Å². The Morgan fingerprint density at radius 2 is 1.88 bits per heavy atom. The quantitative estimate of drug-likeness (QED) is 0.346. The normalized spacial score (nSPS) is 36.3. The summed E-state index contributed by atoms with van der Waals surface area (Å²) in [7, 11) is 0. The number of aliphatic hydroxyl groups is 2. The van der Waals surface area contributed by atoms with Crippen molar-refractivity contribution in [3.05, 3.63) is 36.0 Å². The van der Waals surface area contributed by atoms with Gasteiger partial charge in [-0.3, -0.25) is 0 Å². The molecular weight excluding hydrogens is 408 g/mol. The molecule has 0 radical (unpaired) electrons. The monoisotopic (exact) mass is 448 g/mol. The number of fused-ring (bicyclic) bond motifs is 1. The highest BCUT2D eigenvalue weighted by Gasteiger charge is 2.56. The van der Waals surface area contributed by atoms with Crippen molar-refractivity contribution < 1.29 is 29.3 Å². The van der Waals surface area contributed by atoms with Crippen LogP contribution in [-0.4, -0.2) is 46.6 Å². The fourth-order valence-corrected chi connectivity index (χ4v) is 5.26. The van der Waals surface area contributed by atoms with E-state index in [1.165, 1.54) is 6.08 Å². The predicted molar refractivity (Wildman–Crippen MR) is 124 cm³/mol. The third kappa shape index (κ3) is 5.52. The Hall–Kier alpha value is -1.92. The Kier molecular flexibility index (Phi) is 8.89. The summed E-state index contributed by atoms with van der Waals surface area (Å²) in [6.45, 7) is 15.4. The molecule has 2 aliphatic carbocycles. The first-order chi connectivity index (χ1) is 15.0. The van der Waals surface area contributed by atoms with E-state index in [0.717, 1.165) is 5.57 Å². The van der Waals surface area contributed by atoms with Gasteiger partial charge in [0.25, 0.3) is 0 Å². The lowest BCUT2D eigenvalue weighted by atomic mass is 9.51. The number of allylic oxidation sites excluding steroid dienone is 1. The second kappa shape index (κ2) is 10.8. The van der Waals surface area contributed by atoms with Crippen molar-refractivity contribution in [1.82, 2.24) is 0 Å². The van der Waals surface area contributed by atoms with Crippen LogP contribution in [0.3, 0.4) is 0 Å². The van der Waals surface area contributed by atoms with E-state index >= 15 is 0 Å². The number of hydrogen-bond donors (Lipinski definition) is 2. The van der Waals surface area contributed by atoms with E-state index in [0.29, 0.717) is 31.3 Å². The predicted octanol–water partition coefficient (Wildman–Crippen LogP) is 4.11. The number of ether oxygens (including phenoxy) is 2. The lowest BCUT2D eigenvalue weighted by Gasteiger charge is -2.57. The van der Waals surface area contributed by atoms with E-state index in [9.17, 15) is 19.8 Å². The molecule has 0 spiro atoms. The topological polar surface area (TPSA) is 93.1 Å². The fraction of sp³-hybridized carbons (Fsp3) is 0.692. The third-order valence-corrected chi connectivity index (χ3v) is 7.80. The Bertz CT molecular complexity index is 768. The number of rotatable bonds is 7. The first kappa shape index (κ1) is 26.3. The van der Waals surface area contributed by atoms with E-state index < -0.39 is 30.3 Å². The molecule has 0 bridgehead atoms. The van der Waals surface area contributed by atoms with Crippen LogP contribution in [0.1, 0.15) is 67.2 Å². The minimum absolute atomic E-state index is 0.0136. The molecule has 0 aromatic rings. The zero-order valence-electron chi connectivity index (χ0n) is 20.3. The van der Waals surface area contributed by atoms with E-state index in [1.54, 1.807) is 26.0 Å². The largest absolute Gasteiger partial charge is 0.459 e. The number of hydrogen-bond acceptors (Lipinski definition) is 6. The van der Waals surface area contributed by atoms with Crippen LogP contribution in [0.25, 0.3) is 0 Å². The Morgan fingerprint density at radius 3 is 2.44 bits per heavy atom. The molecule has 0 saturated heterocycles. The van der Waals surface area contributed by atoms with Crippen LogP contribution in [0.2, 0.25) is 0 Å². The highest BCUT2D eigenvalue weighted by molar-refractivity contribution is 5.88. The molecule has 8 unspecified atom stereocenters. The molecule has 180 valence electrons. The van der Waals surface area contributed by atoms with Crippen molar-refractivity contribution in [3.63, 3.8) is 0 Å². The molecule has 0 heterocycles. The summed E-state index contributed by atoms with van der Waals surface area (Å²) in [6.07, 6.45) is 4.76. The van der Waals surface area contributed by atoms with Crippen LogP contribution in [0.15, 0.2) is 36.0 Å². The Balaban J connectivity index is 2.06. The molecule has 6 nitrogen and oxygen atoms in total. The zero-order chi connectivity index (χ0) is 24.2. The molecule has 0 amide bonds. The lowest BCUT2D eigenvalue weighted by Crippen LogP contribution is -2.59. The molecule has 2 rings (SSSR count). The molecular formula is C26H40O6. The molecule has 32 heavy (non-hydrogen) atoms. The van der Waals surface area contributed by atoms with Gasteiger partial charge in [0.15, 0.2) is 0 Å². The molecule has 2 fully saturated rings.